The van der Waals surface area contributed by atoms with Crippen LogP contribution in [-0.4, -0.2) is 36.0 Å². The summed E-state index contributed by atoms with van der Waals surface area (Å²) in [7, 11) is 1.77. The first-order valence-electron chi connectivity index (χ1n) is 6.82. The van der Waals surface area contributed by atoms with E-state index in [2.05, 4.69) is 17.0 Å². The third-order valence-electron chi connectivity index (χ3n) is 3.57. The molecule has 5 nitrogen and oxygen atoms in total. The smallest absolute Gasteiger partial charge is 0.320 e. The summed E-state index contributed by atoms with van der Waals surface area (Å²) in [5.74, 6) is -1.47. The highest BCUT2D eigenvalue weighted by Crippen LogP contribution is 2.43. The number of hydrogen-bond donors (Lipinski definition) is 0. The lowest BCUT2D eigenvalue weighted by molar-refractivity contribution is -0.219. The quantitative estimate of drug-likeness (QED) is 0.476. The molecule has 112 valence electrons. The first-order valence-corrected chi connectivity index (χ1v) is 8.28. The van der Waals surface area contributed by atoms with Crippen LogP contribution >= 0.6 is 10.5 Å². The van der Waals surface area contributed by atoms with Crippen LogP contribution < -0.4 is 4.90 Å². The Bertz CT molecular complexity index is 624. The summed E-state index contributed by atoms with van der Waals surface area (Å²) in [5, 5.41) is 1.88. The fourth-order valence-corrected chi connectivity index (χ4v) is 4.87. The minimum Gasteiger partial charge on any atom is -0.418 e. The van der Waals surface area contributed by atoms with Crippen LogP contribution in [0, 0.1) is 0 Å². The van der Waals surface area contributed by atoms with Crippen LogP contribution in [0.15, 0.2) is 29.2 Å². The second kappa shape index (κ2) is 5.18. The van der Waals surface area contributed by atoms with Crippen LogP contribution in [0.2, 0.25) is 0 Å². The number of carbonyl (C=O) groups excluding carboxylic acids is 2. The Hall–Kier alpha value is -1.82. The number of ether oxygens (including phenoxy) is 2. The molecule has 1 aromatic rings. The molecule has 0 radical (unpaired) electrons. The van der Waals surface area contributed by atoms with Crippen molar-refractivity contribution in [2.75, 3.05) is 17.8 Å². The van der Waals surface area contributed by atoms with Gasteiger partial charge in [0.05, 0.1) is 11.6 Å². The maximum Gasteiger partial charge on any atom is 0.320 e. The molecule has 3 rings (SSSR count). The van der Waals surface area contributed by atoms with Gasteiger partial charge in [-0.25, -0.2) is 0 Å². The molecule has 0 saturated carbocycles. The van der Waals surface area contributed by atoms with Crippen molar-refractivity contribution in [3.05, 3.63) is 24.3 Å². The third-order valence-corrected chi connectivity index (χ3v) is 5.79. The van der Waals surface area contributed by atoms with Crippen molar-refractivity contribution in [2.24, 2.45) is 0 Å². The molecule has 1 atom stereocenters. The number of cyclic esters (lactones) is 2. The van der Waals surface area contributed by atoms with Crippen molar-refractivity contribution in [3.8, 4) is 0 Å². The summed E-state index contributed by atoms with van der Waals surface area (Å²) in [4.78, 5) is 26.5. The van der Waals surface area contributed by atoms with Crippen molar-refractivity contribution in [1.82, 2.24) is 0 Å². The molecule has 6 heteroatoms. The second-order valence-corrected chi connectivity index (χ2v) is 6.92. The molecule has 0 aromatic heterocycles. The topological polar surface area (TPSA) is 55.8 Å². The average Bonchev–Trinajstić information content (AvgIpc) is 2.75. The van der Waals surface area contributed by atoms with Gasteiger partial charge in [0.1, 0.15) is 6.42 Å². The molecule has 1 aromatic carbocycles. The van der Waals surface area contributed by atoms with Crippen LogP contribution in [0.5, 0.6) is 0 Å². The van der Waals surface area contributed by atoms with E-state index >= 15 is 0 Å². The number of benzene rings is 1. The minimum atomic E-state index is -1.23. The van der Waals surface area contributed by atoms with E-state index in [4.69, 9.17) is 9.47 Å². The summed E-state index contributed by atoms with van der Waals surface area (Å²) < 4.78 is 10.7. The Morgan fingerprint density at radius 1 is 1.29 bits per heavy atom. The number of fused-ring (bicyclic) bond motifs is 1. The molecule has 2 aliphatic heterocycles. The first-order chi connectivity index (χ1) is 10.0. The van der Waals surface area contributed by atoms with Crippen LogP contribution in [0.4, 0.5) is 5.69 Å². The summed E-state index contributed by atoms with van der Waals surface area (Å²) in [6, 6.07) is 8.11. The number of rotatable bonds is 2. The first kappa shape index (κ1) is 14.1. The van der Waals surface area contributed by atoms with Gasteiger partial charge in [-0.1, -0.05) is 19.1 Å². The number of nitrogens with zero attached hydrogens (tertiary/aromatic N) is 1. The molecular formula is C15H17NO4S. The highest BCUT2D eigenvalue weighted by atomic mass is 32.2. The summed E-state index contributed by atoms with van der Waals surface area (Å²) in [6.07, 6.45) is 0.111. The van der Waals surface area contributed by atoms with Crippen molar-refractivity contribution >= 4 is 33.5 Å². The van der Waals surface area contributed by atoms with Crippen molar-refractivity contribution in [2.45, 2.75) is 30.4 Å². The molecule has 1 unspecified atom stereocenters. The Morgan fingerprint density at radius 3 is 2.62 bits per heavy atom. The predicted molar refractivity (Wildman–Crippen MR) is 81.5 cm³/mol. The summed E-state index contributed by atoms with van der Waals surface area (Å²) in [6.45, 7) is 1.84. The highest BCUT2D eigenvalue weighted by Gasteiger charge is 2.41. The molecular weight excluding hydrogens is 290 g/mol. The number of esters is 2. The zero-order valence-corrected chi connectivity index (χ0v) is 12.8. The zero-order valence-electron chi connectivity index (χ0n) is 12.0. The van der Waals surface area contributed by atoms with E-state index in [1.54, 1.807) is 0 Å². The van der Waals surface area contributed by atoms with Crippen molar-refractivity contribution < 1.29 is 19.1 Å². The third kappa shape index (κ3) is 2.55. The maximum absolute atomic E-state index is 11.6. The Kier molecular flexibility index (Phi) is 3.49. The second-order valence-electron chi connectivity index (χ2n) is 5.13. The summed E-state index contributed by atoms with van der Waals surface area (Å²) >= 11 is 0. The fraction of sp³-hybridized carbons (Fsp3) is 0.400. The van der Waals surface area contributed by atoms with E-state index in [0.717, 1.165) is 11.6 Å². The van der Waals surface area contributed by atoms with E-state index in [-0.39, 0.29) is 16.9 Å². The number of carbonyl (C=O) groups is 2. The molecule has 2 aliphatic rings. The summed E-state index contributed by atoms with van der Waals surface area (Å²) in [5.41, 5.74) is 1.16. The van der Waals surface area contributed by atoms with Gasteiger partial charge in [0.2, 0.25) is 0 Å². The van der Waals surface area contributed by atoms with Gasteiger partial charge in [-0.2, -0.15) is 0 Å². The standard InChI is InChI=1S/C15H17NO4S/c1-3-15(19-13(17)8-14(18)20-15)9-21-10-16(2)11-6-4-5-7-12(11)21/h4-7,9H,3,8,10H2,1-2H3. The van der Waals surface area contributed by atoms with Crippen LogP contribution in [0.25, 0.3) is 0 Å². The highest BCUT2D eigenvalue weighted by molar-refractivity contribution is 8.15. The Morgan fingerprint density at radius 2 is 1.95 bits per heavy atom. The SMILES string of the molecule is CCC1(C=S2CN(C)c3ccccc32)OC(=O)CC(=O)O1. The molecule has 1 saturated heterocycles. The maximum atomic E-state index is 11.6. The van der Waals surface area contributed by atoms with E-state index < -0.39 is 17.7 Å². The van der Waals surface area contributed by atoms with E-state index in [1.807, 2.05) is 31.5 Å². The Balaban J connectivity index is 2.01. The van der Waals surface area contributed by atoms with E-state index in [1.165, 1.54) is 4.90 Å². The lowest BCUT2D eigenvalue weighted by atomic mass is 10.2. The minimum absolute atomic E-state index is 0.252. The van der Waals surface area contributed by atoms with Gasteiger partial charge in [-0.15, -0.1) is 10.5 Å². The molecule has 0 amide bonds. The fourth-order valence-electron chi connectivity index (χ4n) is 2.53. The van der Waals surface area contributed by atoms with Crippen molar-refractivity contribution in [1.29, 1.82) is 0 Å². The number of anilines is 1. The zero-order chi connectivity index (χ0) is 15.0. The van der Waals surface area contributed by atoms with Gasteiger partial charge in [0.25, 0.3) is 5.79 Å². The average molecular weight is 307 g/mol. The van der Waals surface area contributed by atoms with Crippen LogP contribution in [0.3, 0.4) is 0 Å². The van der Waals surface area contributed by atoms with Gasteiger partial charge in [-0.05, 0) is 12.1 Å². The molecule has 21 heavy (non-hydrogen) atoms. The monoisotopic (exact) mass is 307 g/mol. The van der Waals surface area contributed by atoms with Crippen molar-refractivity contribution in [3.63, 3.8) is 0 Å². The molecule has 0 N–H and O–H groups in total. The Labute approximate surface area is 125 Å². The number of para-hydroxylation sites is 1. The van der Waals surface area contributed by atoms with Gasteiger partial charge >= 0.3 is 11.9 Å². The van der Waals surface area contributed by atoms with Gasteiger partial charge in [0, 0.05) is 23.7 Å². The molecule has 0 spiro atoms. The van der Waals surface area contributed by atoms with Gasteiger partial charge < -0.3 is 14.4 Å². The lowest BCUT2D eigenvalue weighted by Gasteiger charge is -2.32. The molecule has 2 heterocycles. The lowest BCUT2D eigenvalue weighted by Crippen LogP contribution is -2.46. The van der Waals surface area contributed by atoms with Gasteiger partial charge in [-0.3, -0.25) is 9.59 Å². The van der Waals surface area contributed by atoms with Crippen LogP contribution in [-0.2, 0) is 19.1 Å². The van der Waals surface area contributed by atoms with Gasteiger partial charge in [0.15, 0.2) is 0 Å². The molecule has 0 bridgehead atoms. The molecule has 1 fully saturated rings. The van der Waals surface area contributed by atoms with E-state index in [0.29, 0.717) is 6.42 Å². The largest absolute Gasteiger partial charge is 0.418 e. The molecule has 0 aliphatic carbocycles. The van der Waals surface area contributed by atoms with Crippen LogP contribution in [0.1, 0.15) is 19.8 Å². The normalized spacial score (nSPS) is 23.7. The number of hydrogen-bond acceptors (Lipinski definition) is 5. The predicted octanol–water partition coefficient (Wildman–Crippen LogP) is 2.12. The van der Waals surface area contributed by atoms with E-state index in [9.17, 15) is 9.59 Å².